The molecule has 1 aromatic carbocycles. The van der Waals surface area contributed by atoms with E-state index in [1.165, 1.54) is 0 Å². The van der Waals surface area contributed by atoms with Crippen LogP contribution in [0.15, 0.2) is 23.2 Å². The molecule has 0 aromatic heterocycles. The minimum Gasteiger partial charge on any atom is -0.349 e. The summed E-state index contributed by atoms with van der Waals surface area (Å²) in [5.41, 5.74) is 0.745. The molecule has 0 atom stereocenters. The quantitative estimate of drug-likeness (QED) is 0.570. The third-order valence-electron chi connectivity index (χ3n) is 1.88. The summed E-state index contributed by atoms with van der Waals surface area (Å²) >= 11 is 11.8. The molecule has 1 rings (SSSR count). The molecule has 0 saturated carbocycles. The fourth-order valence-electron chi connectivity index (χ4n) is 1.32. The molecular weight excluding hydrogens is 245 g/mol. The summed E-state index contributed by atoms with van der Waals surface area (Å²) in [5, 5.41) is 1.17. The van der Waals surface area contributed by atoms with Crippen LogP contribution in [-0.4, -0.2) is 44.0 Å². The summed E-state index contributed by atoms with van der Waals surface area (Å²) in [5.74, 6) is 0.832. The van der Waals surface area contributed by atoms with Gasteiger partial charge in [-0.3, -0.25) is 0 Å². The van der Waals surface area contributed by atoms with Gasteiger partial charge in [0.25, 0.3) is 0 Å². The lowest BCUT2D eigenvalue weighted by Gasteiger charge is -2.22. The van der Waals surface area contributed by atoms with E-state index in [9.17, 15) is 0 Å². The van der Waals surface area contributed by atoms with E-state index >= 15 is 0 Å². The van der Waals surface area contributed by atoms with E-state index in [4.69, 9.17) is 23.2 Å². The summed E-state index contributed by atoms with van der Waals surface area (Å²) in [4.78, 5) is 8.33. The molecule has 16 heavy (non-hydrogen) atoms. The van der Waals surface area contributed by atoms with Gasteiger partial charge < -0.3 is 9.80 Å². The Labute approximate surface area is 106 Å². The number of rotatable bonds is 1. The molecule has 1 aromatic rings. The van der Waals surface area contributed by atoms with Crippen molar-refractivity contribution >= 4 is 34.8 Å². The van der Waals surface area contributed by atoms with Crippen LogP contribution in [0.2, 0.25) is 10.0 Å². The van der Waals surface area contributed by atoms with Crippen molar-refractivity contribution in [2.75, 3.05) is 28.2 Å². The maximum absolute atomic E-state index is 5.91. The maximum atomic E-state index is 5.91. The minimum atomic E-state index is 0.586. The molecule has 5 heteroatoms. The van der Waals surface area contributed by atoms with Crippen molar-refractivity contribution in [1.29, 1.82) is 0 Å². The molecule has 0 heterocycles. The molecule has 0 amide bonds. The van der Waals surface area contributed by atoms with E-state index in [2.05, 4.69) is 4.99 Å². The smallest absolute Gasteiger partial charge is 0.200 e. The predicted octanol–water partition coefficient (Wildman–Crippen LogP) is 3.10. The average molecular weight is 260 g/mol. The van der Waals surface area contributed by atoms with Gasteiger partial charge in [-0.2, -0.15) is 0 Å². The summed E-state index contributed by atoms with van der Waals surface area (Å²) in [7, 11) is 7.74. The van der Waals surface area contributed by atoms with Crippen LogP contribution < -0.4 is 0 Å². The average Bonchev–Trinajstić information content (AvgIpc) is 2.11. The number of benzene rings is 1. The molecule has 0 N–H and O–H groups in total. The van der Waals surface area contributed by atoms with Crippen LogP contribution in [0.4, 0.5) is 5.69 Å². The highest BCUT2D eigenvalue weighted by Gasteiger charge is 2.05. The Balaban J connectivity index is 3.12. The van der Waals surface area contributed by atoms with E-state index in [1.54, 1.807) is 18.2 Å². The van der Waals surface area contributed by atoms with E-state index < -0.39 is 0 Å². The van der Waals surface area contributed by atoms with Crippen molar-refractivity contribution in [3.63, 3.8) is 0 Å². The zero-order chi connectivity index (χ0) is 12.3. The standard InChI is InChI=1S/C11H15Cl2N3/c1-15(2)11(16(3)4)14-10-6-8(12)5-9(13)7-10/h5-7H,1-4H3. The van der Waals surface area contributed by atoms with Crippen LogP contribution in [0.25, 0.3) is 0 Å². The number of guanidine groups is 1. The Morgan fingerprint density at radius 3 is 1.75 bits per heavy atom. The topological polar surface area (TPSA) is 18.8 Å². The lowest BCUT2D eigenvalue weighted by atomic mass is 10.3. The Morgan fingerprint density at radius 1 is 0.938 bits per heavy atom. The summed E-state index contributed by atoms with van der Waals surface area (Å²) in [6.07, 6.45) is 0. The zero-order valence-corrected chi connectivity index (χ0v) is 11.3. The van der Waals surface area contributed by atoms with Crippen LogP contribution in [0.1, 0.15) is 0 Å². The van der Waals surface area contributed by atoms with Crippen LogP contribution >= 0.6 is 23.2 Å². The fraction of sp³-hybridized carbons (Fsp3) is 0.364. The monoisotopic (exact) mass is 259 g/mol. The Kier molecular flexibility index (Phi) is 4.44. The first-order valence-electron chi connectivity index (χ1n) is 4.79. The predicted molar refractivity (Wildman–Crippen MR) is 70.9 cm³/mol. The Bertz CT molecular complexity index is 370. The molecule has 0 saturated heterocycles. The molecule has 0 radical (unpaired) electrons. The van der Waals surface area contributed by atoms with Gasteiger partial charge in [-0.1, -0.05) is 23.2 Å². The summed E-state index contributed by atoms with van der Waals surface area (Å²) in [6, 6.07) is 5.24. The van der Waals surface area contributed by atoms with Crippen LogP contribution in [0, 0.1) is 0 Å². The number of hydrogen-bond acceptors (Lipinski definition) is 1. The molecule has 0 aliphatic rings. The lowest BCUT2D eigenvalue weighted by molar-refractivity contribution is 0.484. The van der Waals surface area contributed by atoms with Gasteiger partial charge in [-0.25, -0.2) is 4.99 Å². The van der Waals surface area contributed by atoms with Crippen LogP contribution in [0.3, 0.4) is 0 Å². The fourth-order valence-corrected chi connectivity index (χ4v) is 1.83. The first-order valence-corrected chi connectivity index (χ1v) is 5.55. The first-order chi connectivity index (χ1) is 7.40. The highest BCUT2D eigenvalue weighted by molar-refractivity contribution is 6.35. The van der Waals surface area contributed by atoms with Crippen LogP contribution in [0.5, 0.6) is 0 Å². The summed E-state index contributed by atoms with van der Waals surface area (Å²) in [6.45, 7) is 0. The van der Waals surface area contributed by atoms with Gasteiger partial charge in [-0.15, -0.1) is 0 Å². The molecule has 0 unspecified atom stereocenters. The second kappa shape index (κ2) is 5.41. The molecule has 0 spiro atoms. The van der Waals surface area contributed by atoms with Gasteiger partial charge in [0, 0.05) is 38.2 Å². The van der Waals surface area contributed by atoms with Crippen LogP contribution in [-0.2, 0) is 0 Å². The zero-order valence-electron chi connectivity index (χ0n) is 9.83. The van der Waals surface area contributed by atoms with E-state index in [-0.39, 0.29) is 0 Å². The molecular formula is C11H15Cl2N3. The second-order valence-corrected chi connectivity index (χ2v) is 4.70. The molecule has 3 nitrogen and oxygen atoms in total. The van der Waals surface area contributed by atoms with Crippen molar-refractivity contribution < 1.29 is 0 Å². The second-order valence-electron chi connectivity index (χ2n) is 3.83. The number of halogens is 2. The van der Waals surface area contributed by atoms with Crippen molar-refractivity contribution in [2.45, 2.75) is 0 Å². The SMILES string of the molecule is CN(C)C(=Nc1cc(Cl)cc(Cl)c1)N(C)C. The number of aliphatic imine (C=N–C) groups is 1. The number of nitrogens with zero attached hydrogens (tertiary/aromatic N) is 3. The molecule has 0 bridgehead atoms. The Hall–Kier alpha value is -0.930. The van der Waals surface area contributed by atoms with Crippen molar-refractivity contribution in [3.05, 3.63) is 28.2 Å². The van der Waals surface area contributed by atoms with E-state index in [0.717, 1.165) is 11.6 Å². The van der Waals surface area contributed by atoms with E-state index in [0.29, 0.717) is 10.0 Å². The van der Waals surface area contributed by atoms with Crippen molar-refractivity contribution in [3.8, 4) is 0 Å². The highest BCUT2D eigenvalue weighted by Crippen LogP contribution is 2.24. The van der Waals surface area contributed by atoms with Gasteiger partial charge in [0.1, 0.15) is 0 Å². The van der Waals surface area contributed by atoms with Gasteiger partial charge in [0.15, 0.2) is 0 Å². The van der Waals surface area contributed by atoms with Gasteiger partial charge in [0.05, 0.1) is 5.69 Å². The molecule has 88 valence electrons. The van der Waals surface area contributed by atoms with E-state index in [1.807, 2.05) is 38.0 Å². The van der Waals surface area contributed by atoms with Gasteiger partial charge in [0.2, 0.25) is 5.96 Å². The lowest BCUT2D eigenvalue weighted by Crippen LogP contribution is -2.35. The largest absolute Gasteiger partial charge is 0.349 e. The third-order valence-corrected chi connectivity index (χ3v) is 2.31. The molecule has 0 fully saturated rings. The normalized spacial score (nSPS) is 9.88. The molecule has 0 aliphatic carbocycles. The van der Waals surface area contributed by atoms with Gasteiger partial charge in [-0.05, 0) is 18.2 Å². The number of hydrogen-bond donors (Lipinski definition) is 0. The third kappa shape index (κ3) is 3.58. The Morgan fingerprint density at radius 2 is 1.38 bits per heavy atom. The summed E-state index contributed by atoms with van der Waals surface area (Å²) < 4.78 is 0. The first kappa shape index (κ1) is 13.1. The minimum absolute atomic E-state index is 0.586. The highest BCUT2D eigenvalue weighted by atomic mass is 35.5. The molecule has 0 aliphatic heterocycles. The van der Waals surface area contributed by atoms with Crippen molar-refractivity contribution in [2.24, 2.45) is 4.99 Å². The van der Waals surface area contributed by atoms with Crippen molar-refractivity contribution in [1.82, 2.24) is 9.80 Å². The van der Waals surface area contributed by atoms with Gasteiger partial charge >= 0.3 is 0 Å². The maximum Gasteiger partial charge on any atom is 0.200 e.